The van der Waals surface area contributed by atoms with Crippen LogP contribution in [-0.4, -0.2) is 48.9 Å². The van der Waals surface area contributed by atoms with Crippen LogP contribution in [0.3, 0.4) is 0 Å². The Kier molecular flexibility index (Phi) is 6.71. The summed E-state index contributed by atoms with van der Waals surface area (Å²) >= 11 is 3.31. The van der Waals surface area contributed by atoms with E-state index in [1.807, 2.05) is 11.8 Å². The van der Waals surface area contributed by atoms with E-state index in [0.717, 1.165) is 22.2 Å². The van der Waals surface area contributed by atoms with E-state index in [2.05, 4.69) is 25.9 Å². The summed E-state index contributed by atoms with van der Waals surface area (Å²) in [4.78, 5) is 11.2. The third-order valence-electron chi connectivity index (χ3n) is 5.80. The van der Waals surface area contributed by atoms with Crippen molar-refractivity contribution in [2.75, 3.05) is 31.1 Å². The number of anilines is 1. The molecular weight excluding hydrogens is 533 g/mol. The fraction of sp³-hybridized carbons (Fsp3) is 0.304. The van der Waals surface area contributed by atoms with Crippen LogP contribution < -0.4 is 4.90 Å². The molecule has 180 valence electrons. The molecule has 0 aliphatic carbocycles. The monoisotopic (exact) mass is 554 g/mol. The fourth-order valence-electron chi connectivity index (χ4n) is 3.78. The zero-order valence-corrected chi connectivity index (χ0v) is 20.9. The van der Waals surface area contributed by atoms with Gasteiger partial charge in [-0.3, -0.25) is 0 Å². The molecule has 2 heterocycles. The summed E-state index contributed by atoms with van der Waals surface area (Å²) in [6, 6.07) is 11.4. The molecule has 0 saturated carbocycles. The van der Waals surface area contributed by atoms with Crippen molar-refractivity contribution in [3.05, 3.63) is 69.8 Å². The zero-order valence-electron chi connectivity index (χ0n) is 18.5. The van der Waals surface area contributed by atoms with Gasteiger partial charge in [0.15, 0.2) is 5.82 Å². The Labute approximate surface area is 204 Å². The van der Waals surface area contributed by atoms with Gasteiger partial charge in [0, 0.05) is 47.5 Å². The maximum absolute atomic E-state index is 13.2. The highest BCUT2D eigenvalue weighted by atomic mass is 79.9. The van der Waals surface area contributed by atoms with Gasteiger partial charge in [-0.05, 0) is 50.2 Å². The highest BCUT2D eigenvalue weighted by Crippen LogP contribution is 2.32. The van der Waals surface area contributed by atoms with Crippen LogP contribution in [0.25, 0.3) is 11.4 Å². The molecule has 11 heteroatoms. The molecule has 1 aliphatic rings. The first-order chi connectivity index (χ1) is 16.0. The van der Waals surface area contributed by atoms with Crippen molar-refractivity contribution in [1.29, 1.82) is 0 Å². The minimum Gasteiger partial charge on any atom is -0.354 e. The van der Waals surface area contributed by atoms with Crippen molar-refractivity contribution in [3.8, 4) is 11.4 Å². The predicted octanol–water partition coefficient (Wildman–Crippen LogP) is 5.05. The van der Waals surface area contributed by atoms with Gasteiger partial charge in [0.05, 0.1) is 10.5 Å². The van der Waals surface area contributed by atoms with Gasteiger partial charge in [0.25, 0.3) is 0 Å². The topological polar surface area (TPSA) is 66.4 Å². The van der Waals surface area contributed by atoms with Gasteiger partial charge in [-0.2, -0.15) is 17.5 Å². The van der Waals surface area contributed by atoms with Crippen LogP contribution in [0.5, 0.6) is 0 Å². The molecule has 3 aromatic rings. The molecule has 6 nitrogen and oxygen atoms in total. The van der Waals surface area contributed by atoms with Crippen molar-refractivity contribution in [2.24, 2.45) is 0 Å². The Morgan fingerprint density at radius 3 is 2.21 bits per heavy atom. The lowest BCUT2D eigenvalue weighted by atomic mass is 10.1. The van der Waals surface area contributed by atoms with Gasteiger partial charge in [0.2, 0.25) is 10.0 Å². The predicted molar refractivity (Wildman–Crippen MR) is 127 cm³/mol. The molecule has 1 aromatic heterocycles. The number of hydrogen-bond acceptors (Lipinski definition) is 5. The number of piperazine rings is 1. The highest BCUT2D eigenvalue weighted by Gasteiger charge is 2.32. The van der Waals surface area contributed by atoms with Crippen LogP contribution in [0.15, 0.2) is 57.9 Å². The van der Waals surface area contributed by atoms with Gasteiger partial charge in [-0.15, -0.1) is 0 Å². The van der Waals surface area contributed by atoms with Gasteiger partial charge in [-0.25, -0.2) is 18.4 Å². The molecule has 0 unspecified atom stereocenters. The van der Waals surface area contributed by atoms with Gasteiger partial charge < -0.3 is 4.90 Å². The van der Waals surface area contributed by atoms with Crippen molar-refractivity contribution in [3.63, 3.8) is 0 Å². The van der Waals surface area contributed by atoms with Crippen LogP contribution in [-0.2, 0) is 16.2 Å². The molecule has 2 aromatic carbocycles. The molecule has 0 N–H and O–H groups in total. The minimum atomic E-state index is -4.46. The average molecular weight is 555 g/mol. The van der Waals surface area contributed by atoms with Crippen LogP contribution in [0, 0.1) is 13.8 Å². The van der Waals surface area contributed by atoms with E-state index in [4.69, 9.17) is 0 Å². The number of benzene rings is 2. The summed E-state index contributed by atoms with van der Waals surface area (Å²) in [7, 11) is -3.63. The zero-order chi connectivity index (χ0) is 24.7. The number of alkyl halides is 3. The maximum Gasteiger partial charge on any atom is 0.416 e. The van der Waals surface area contributed by atoms with Gasteiger partial charge in [-0.1, -0.05) is 28.1 Å². The van der Waals surface area contributed by atoms with Crippen molar-refractivity contribution in [1.82, 2.24) is 14.3 Å². The summed E-state index contributed by atoms with van der Waals surface area (Å²) in [5.41, 5.74) is 0.970. The Bertz CT molecular complexity index is 1310. The number of aryl methyl sites for hydroxylation is 1. The number of aromatic nitrogens is 2. The van der Waals surface area contributed by atoms with Crippen LogP contribution in [0.1, 0.15) is 16.8 Å². The van der Waals surface area contributed by atoms with Crippen LogP contribution in [0.2, 0.25) is 0 Å². The molecule has 0 atom stereocenters. The Hall–Kier alpha value is -2.50. The largest absolute Gasteiger partial charge is 0.416 e. The van der Waals surface area contributed by atoms with Crippen LogP contribution >= 0.6 is 15.9 Å². The summed E-state index contributed by atoms with van der Waals surface area (Å²) in [5.74, 6) is 0.801. The van der Waals surface area contributed by atoms with Crippen LogP contribution in [0.4, 0.5) is 19.0 Å². The molecule has 0 radical (unpaired) electrons. The van der Waals surface area contributed by atoms with Crippen molar-refractivity contribution in [2.45, 2.75) is 24.9 Å². The molecule has 0 amide bonds. The third kappa shape index (κ3) is 4.96. The average Bonchev–Trinajstić information content (AvgIpc) is 2.81. The number of rotatable bonds is 4. The first kappa shape index (κ1) is 24.6. The first-order valence-electron chi connectivity index (χ1n) is 10.5. The SMILES string of the molecule is Cc1nc(-c2cccc(C(F)(F)F)c2)nc(N2CCN(S(=O)(=O)c3ccc(Br)cc3)CC2)c1C. The van der Waals surface area contributed by atoms with E-state index in [0.29, 0.717) is 24.6 Å². The third-order valence-corrected chi connectivity index (χ3v) is 8.24. The van der Waals surface area contributed by atoms with Crippen molar-refractivity contribution >= 4 is 31.8 Å². The molecule has 34 heavy (non-hydrogen) atoms. The quantitative estimate of drug-likeness (QED) is 0.451. The summed E-state index contributed by atoms with van der Waals surface area (Å²) in [5, 5.41) is 0. The lowest BCUT2D eigenvalue weighted by molar-refractivity contribution is -0.137. The molecule has 4 rings (SSSR count). The second kappa shape index (κ2) is 9.27. The molecule has 0 bridgehead atoms. The van der Waals surface area contributed by atoms with E-state index in [-0.39, 0.29) is 29.4 Å². The van der Waals surface area contributed by atoms with Gasteiger partial charge in [0.1, 0.15) is 5.82 Å². The normalized spacial score (nSPS) is 15.5. The second-order valence-electron chi connectivity index (χ2n) is 8.00. The number of sulfonamides is 1. The minimum absolute atomic E-state index is 0.203. The van der Waals surface area contributed by atoms with Gasteiger partial charge >= 0.3 is 6.18 Å². The molecule has 0 spiro atoms. The Morgan fingerprint density at radius 1 is 0.941 bits per heavy atom. The van der Waals surface area contributed by atoms with E-state index < -0.39 is 21.8 Å². The molecule has 1 saturated heterocycles. The van der Waals surface area contributed by atoms with E-state index in [1.165, 1.54) is 10.4 Å². The second-order valence-corrected chi connectivity index (χ2v) is 10.9. The first-order valence-corrected chi connectivity index (χ1v) is 12.7. The summed E-state index contributed by atoms with van der Waals surface area (Å²) in [6.07, 6.45) is -4.46. The fourth-order valence-corrected chi connectivity index (χ4v) is 5.47. The number of nitrogens with zero attached hydrogens (tertiary/aromatic N) is 4. The maximum atomic E-state index is 13.2. The Morgan fingerprint density at radius 2 is 1.59 bits per heavy atom. The van der Waals surface area contributed by atoms with E-state index in [1.54, 1.807) is 37.3 Å². The number of hydrogen-bond donors (Lipinski definition) is 0. The lowest BCUT2D eigenvalue weighted by Gasteiger charge is -2.35. The molecular formula is C23H22BrF3N4O2S. The van der Waals surface area contributed by atoms with Crippen molar-refractivity contribution < 1.29 is 21.6 Å². The summed E-state index contributed by atoms with van der Waals surface area (Å²) in [6.45, 7) is 4.96. The lowest BCUT2D eigenvalue weighted by Crippen LogP contribution is -2.49. The van der Waals surface area contributed by atoms with E-state index >= 15 is 0 Å². The standard InChI is InChI=1S/C23H22BrF3N4O2S/c1-15-16(2)28-21(17-4-3-5-18(14-17)23(25,26)27)29-22(15)30-10-12-31(13-11-30)34(32,33)20-8-6-19(24)7-9-20/h3-9,14H,10-13H2,1-2H3. The Balaban J connectivity index is 1.58. The highest BCUT2D eigenvalue weighted by molar-refractivity contribution is 9.10. The number of halogens is 4. The molecule has 1 fully saturated rings. The summed E-state index contributed by atoms with van der Waals surface area (Å²) < 4.78 is 67.7. The van der Waals surface area contributed by atoms with E-state index in [9.17, 15) is 21.6 Å². The smallest absolute Gasteiger partial charge is 0.354 e. The molecule has 1 aliphatic heterocycles.